The highest BCUT2D eigenvalue weighted by molar-refractivity contribution is 8.04. The van der Waals surface area contributed by atoms with Crippen molar-refractivity contribution in [2.75, 3.05) is 5.32 Å². The van der Waals surface area contributed by atoms with Crippen LogP contribution in [-0.4, -0.2) is 24.8 Å². The second-order valence-corrected chi connectivity index (χ2v) is 12.1. The quantitative estimate of drug-likeness (QED) is 0.284. The summed E-state index contributed by atoms with van der Waals surface area (Å²) >= 11 is 13.5. The first-order valence-corrected chi connectivity index (χ1v) is 14.0. The third-order valence-corrected chi connectivity index (χ3v) is 9.20. The van der Waals surface area contributed by atoms with Gasteiger partial charge in [-0.2, -0.15) is 0 Å². The molecule has 0 atom stereocenters. The molecule has 2 heterocycles. The smallest absolute Gasteiger partial charge is 0.262 e. The van der Waals surface area contributed by atoms with Crippen molar-refractivity contribution in [2.45, 2.75) is 22.5 Å². The molecule has 1 aliphatic heterocycles. The van der Waals surface area contributed by atoms with Gasteiger partial charge in [-0.3, -0.25) is 14.2 Å². The van der Waals surface area contributed by atoms with Gasteiger partial charge in [0, 0.05) is 44.6 Å². The molecule has 10 heteroatoms. The fourth-order valence-electron chi connectivity index (χ4n) is 3.99. The lowest BCUT2D eigenvalue weighted by atomic mass is 10.1. The zero-order valence-corrected chi connectivity index (χ0v) is 21.9. The van der Waals surface area contributed by atoms with Crippen LogP contribution in [0.15, 0.2) is 81.6 Å². The number of amides is 1. The van der Waals surface area contributed by atoms with Crippen LogP contribution in [-0.2, 0) is 20.4 Å². The van der Waals surface area contributed by atoms with E-state index in [0.717, 1.165) is 10.9 Å². The Morgan fingerprint density at radius 2 is 1.78 bits per heavy atom. The van der Waals surface area contributed by atoms with E-state index in [2.05, 4.69) is 5.32 Å². The van der Waals surface area contributed by atoms with E-state index in [4.69, 9.17) is 23.2 Å². The maximum absolute atomic E-state index is 13.2. The largest absolute Gasteiger partial charge is 0.320 e. The summed E-state index contributed by atoms with van der Waals surface area (Å²) in [7, 11) is -3.77. The Morgan fingerprint density at radius 1 is 1.06 bits per heavy atom. The number of carbonyl (C=O) groups excluding carboxylic acids is 2. The molecule has 0 fully saturated rings. The maximum atomic E-state index is 13.2. The van der Waals surface area contributed by atoms with Gasteiger partial charge in [-0.05, 0) is 42.5 Å². The molecule has 0 radical (unpaired) electrons. The molecule has 0 unspecified atom stereocenters. The van der Waals surface area contributed by atoms with E-state index in [1.54, 1.807) is 36.5 Å². The number of benzene rings is 3. The summed E-state index contributed by atoms with van der Waals surface area (Å²) in [5.41, 5.74) is 2.30. The first-order valence-electron chi connectivity index (χ1n) is 10.8. The van der Waals surface area contributed by atoms with Crippen LogP contribution in [0.1, 0.15) is 22.8 Å². The zero-order valence-electron chi connectivity index (χ0n) is 18.8. The Labute approximate surface area is 221 Å². The normalized spacial score (nSPS) is 14.6. The van der Waals surface area contributed by atoms with Crippen LogP contribution in [0.2, 0.25) is 10.0 Å². The lowest BCUT2D eigenvalue weighted by Gasteiger charge is -2.19. The Balaban J connectivity index is 1.51. The van der Waals surface area contributed by atoms with Gasteiger partial charge in [-0.25, -0.2) is 8.42 Å². The van der Waals surface area contributed by atoms with Gasteiger partial charge in [-0.15, -0.1) is 0 Å². The van der Waals surface area contributed by atoms with Crippen molar-refractivity contribution in [2.24, 2.45) is 0 Å². The number of hydrogen-bond donors (Lipinski definition) is 1. The molecule has 1 aliphatic rings. The van der Waals surface area contributed by atoms with Gasteiger partial charge in [0.05, 0.1) is 26.8 Å². The summed E-state index contributed by atoms with van der Waals surface area (Å²) in [5.74, 6) is -0.810. The molecule has 4 aromatic rings. The van der Waals surface area contributed by atoms with Gasteiger partial charge in [0.2, 0.25) is 5.91 Å². The summed E-state index contributed by atoms with van der Waals surface area (Å²) in [5, 5.41) is 4.20. The molecule has 0 bridgehead atoms. The average Bonchev–Trinajstić information content (AvgIpc) is 3.20. The van der Waals surface area contributed by atoms with Gasteiger partial charge in [-0.1, -0.05) is 59.2 Å². The highest BCUT2D eigenvalue weighted by Gasteiger charge is 2.26. The molecule has 182 valence electrons. The van der Waals surface area contributed by atoms with Crippen LogP contribution >= 0.6 is 35.0 Å². The lowest BCUT2D eigenvalue weighted by Crippen LogP contribution is -2.17. The van der Waals surface area contributed by atoms with Crippen molar-refractivity contribution < 1.29 is 18.0 Å². The van der Waals surface area contributed by atoms with Crippen molar-refractivity contribution in [3.63, 3.8) is 0 Å². The number of halogens is 2. The van der Waals surface area contributed by atoms with Gasteiger partial charge >= 0.3 is 0 Å². The molecule has 0 saturated carbocycles. The van der Waals surface area contributed by atoms with Crippen LogP contribution < -0.4 is 5.32 Å². The Bertz CT molecular complexity index is 1690. The number of carbonyl (C=O) groups is 2. The second kappa shape index (κ2) is 9.44. The first-order chi connectivity index (χ1) is 17.1. The zero-order chi connectivity index (χ0) is 25.6. The minimum Gasteiger partial charge on any atom is -0.320 e. The first kappa shape index (κ1) is 24.6. The summed E-state index contributed by atoms with van der Waals surface area (Å²) in [6.45, 7) is 1.47. The number of sulfone groups is 1. The second-order valence-electron chi connectivity index (χ2n) is 8.17. The number of anilines is 1. The number of rotatable bonds is 4. The highest BCUT2D eigenvalue weighted by Crippen LogP contribution is 2.41. The third kappa shape index (κ3) is 4.57. The fraction of sp³-hybridized carbons (Fsp3) is 0.0769. The van der Waals surface area contributed by atoms with Crippen LogP contribution in [0.4, 0.5) is 5.69 Å². The minimum absolute atomic E-state index is 0.0911. The molecule has 0 aliphatic carbocycles. The summed E-state index contributed by atoms with van der Waals surface area (Å²) < 4.78 is 27.9. The van der Waals surface area contributed by atoms with Crippen molar-refractivity contribution in [3.8, 4) is 0 Å². The number of nitrogens with zero attached hydrogens (tertiary/aromatic N) is 1. The molecule has 1 N–H and O–H groups in total. The number of aromatic nitrogens is 1. The van der Waals surface area contributed by atoms with Gasteiger partial charge in [0.15, 0.2) is 9.84 Å². The Morgan fingerprint density at radius 3 is 2.50 bits per heavy atom. The molecule has 1 amide bonds. The van der Waals surface area contributed by atoms with E-state index in [-0.39, 0.29) is 32.5 Å². The van der Waals surface area contributed by atoms with E-state index >= 15 is 0 Å². The van der Waals surface area contributed by atoms with Crippen LogP contribution in [0.25, 0.3) is 17.0 Å². The monoisotopic (exact) mass is 556 g/mol. The average molecular weight is 557 g/mol. The molecular weight excluding hydrogens is 539 g/mol. The molecule has 3 aromatic carbocycles. The molecule has 6 nitrogen and oxygen atoms in total. The Kier molecular flexibility index (Phi) is 6.46. The van der Waals surface area contributed by atoms with Gasteiger partial charge in [0.25, 0.3) is 5.91 Å². The van der Waals surface area contributed by atoms with E-state index in [9.17, 15) is 18.0 Å². The molecule has 1 aromatic heterocycles. The SMILES string of the molecule is CC(=O)n1cc(C=C2Sc3cc(S(=O)(=O)Cc4c(Cl)cccc4Cl)ccc3NC2=O)c2ccccc21. The molecule has 5 rings (SSSR count). The molecule has 0 spiro atoms. The summed E-state index contributed by atoms with van der Waals surface area (Å²) in [4.78, 5) is 25.9. The number of fused-ring (bicyclic) bond motifs is 2. The molecule has 0 saturated heterocycles. The topological polar surface area (TPSA) is 85.2 Å². The van der Waals surface area contributed by atoms with Crippen molar-refractivity contribution in [1.82, 2.24) is 4.57 Å². The summed E-state index contributed by atoms with van der Waals surface area (Å²) in [6.07, 6.45) is 3.40. The third-order valence-electron chi connectivity index (χ3n) is 5.77. The van der Waals surface area contributed by atoms with Crippen LogP contribution in [0.3, 0.4) is 0 Å². The highest BCUT2D eigenvalue weighted by atomic mass is 35.5. The van der Waals surface area contributed by atoms with Crippen LogP contribution in [0.5, 0.6) is 0 Å². The predicted molar refractivity (Wildman–Crippen MR) is 144 cm³/mol. The van der Waals surface area contributed by atoms with Gasteiger partial charge in [0.1, 0.15) is 0 Å². The summed E-state index contributed by atoms with van der Waals surface area (Å²) in [6, 6.07) is 16.8. The van der Waals surface area contributed by atoms with Crippen molar-refractivity contribution >= 4 is 79.3 Å². The Hall–Kier alpha value is -3.04. The fourth-order valence-corrected chi connectivity index (χ4v) is 7.17. The van der Waals surface area contributed by atoms with E-state index < -0.39 is 9.84 Å². The number of hydrogen-bond acceptors (Lipinski definition) is 5. The molecule has 36 heavy (non-hydrogen) atoms. The standard InChI is InChI=1S/C26H18Cl2N2O4S2/c1-15(31)30-13-16(18-5-2-3-8-23(18)30)11-25-26(32)29-22-10-9-17(12-24(22)35-25)36(33,34)14-19-20(27)6-4-7-21(19)28/h2-13H,14H2,1H3,(H,29,32). The number of thioether (sulfide) groups is 1. The predicted octanol–water partition coefficient (Wildman–Crippen LogP) is 6.67. The van der Waals surface area contributed by atoms with E-state index in [1.807, 2.05) is 24.3 Å². The number of para-hydroxylation sites is 1. The molecular formula is C26H18Cl2N2O4S2. The van der Waals surface area contributed by atoms with Gasteiger partial charge < -0.3 is 5.32 Å². The van der Waals surface area contributed by atoms with E-state index in [0.29, 0.717) is 26.6 Å². The maximum Gasteiger partial charge on any atom is 0.262 e. The van der Waals surface area contributed by atoms with Crippen molar-refractivity contribution in [1.29, 1.82) is 0 Å². The van der Waals surface area contributed by atoms with Crippen molar-refractivity contribution in [3.05, 3.63) is 92.9 Å². The number of nitrogens with one attached hydrogen (secondary N) is 1. The van der Waals surface area contributed by atoms with E-state index in [1.165, 1.54) is 35.4 Å². The lowest BCUT2D eigenvalue weighted by molar-refractivity contribution is -0.112. The minimum atomic E-state index is -3.77. The van der Waals surface area contributed by atoms with Crippen LogP contribution in [0, 0.1) is 0 Å².